The molecule has 2 aliphatic heterocycles. The van der Waals surface area contributed by atoms with Crippen LogP contribution in [0.4, 0.5) is 5.69 Å². The molecule has 2 aliphatic rings. The van der Waals surface area contributed by atoms with Gasteiger partial charge in [-0.2, -0.15) is 0 Å². The molecule has 1 saturated heterocycles. The van der Waals surface area contributed by atoms with Gasteiger partial charge in [-0.1, -0.05) is 41.4 Å². The first kappa shape index (κ1) is 21.0. The van der Waals surface area contributed by atoms with Gasteiger partial charge in [-0.05, 0) is 49.2 Å². The van der Waals surface area contributed by atoms with E-state index in [0.717, 1.165) is 49.5 Å². The number of benzene rings is 2. The number of nitrogens with zero attached hydrogens (tertiary/aromatic N) is 2. The normalized spacial score (nSPS) is 17.0. The summed E-state index contributed by atoms with van der Waals surface area (Å²) in [7, 11) is 0. The SMILES string of the molecule is C=C1Oc2ccccc2N1CCC(=O)NC1CCN(Cc2ccc(Cl)c(Cl)c2)CC1. The average molecular weight is 446 g/mol. The zero-order chi connectivity index (χ0) is 21.1. The third-order valence-corrected chi connectivity index (χ3v) is 6.33. The van der Waals surface area contributed by atoms with E-state index in [9.17, 15) is 4.79 Å². The smallest absolute Gasteiger partial charge is 0.222 e. The number of nitrogens with one attached hydrogen (secondary N) is 1. The second kappa shape index (κ2) is 9.29. The first-order valence-electron chi connectivity index (χ1n) is 10.2. The summed E-state index contributed by atoms with van der Waals surface area (Å²) in [6.07, 6.45) is 2.28. The quantitative estimate of drug-likeness (QED) is 0.690. The second-order valence-electron chi connectivity index (χ2n) is 7.73. The fraction of sp³-hybridized carbons (Fsp3) is 0.348. The lowest BCUT2D eigenvalue weighted by atomic mass is 10.0. The topological polar surface area (TPSA) is 44.8 Å². The molecular formula is C23H25Cl2N3O2. The maximum absolute atomic E-state index is 12.5. The molecule has 1 N–H and O–H groups in total. The summed E-state index contributed by atoms with van der Waals surface area (Å²) < 4.78 is 5.65. The molecule has 0 bridgehead atoms. The van der Waals surface area contributed by atoms with Crippen molar-refractivity contribution in [2.24, 2.45) is 0 Å². The van der Waals surface area contributed by atoms with E-state index in [0.29, 0.717) is 28.9 Å². The number of halogens is 2. The number of likely N-dealkylation sites (tertiary alicyclic amines) is 1. The van der Waals surface area contributed by atoms with Crippen LogP contribution in [0, 0.1) is 0 Å². The lowest BCUT2D eigenvalue weighted by Gasteiger charge is -2.32. The molecule has 7 heteroatoms. The van der Waals surface area contributed by atoms with Gasteiger partial charge >= 0.3 is 0 Å². The van der Waals surface area contributed by atoms with Gasteiger partial charge in [-0.25, -0.2) is 0 Å². The number of carbonyl (C=O) groups is 1. The number of anilines is 1. The predicted octanol–water partition coefficient (Wildman–Crippen LogP) is 4.83. The van der Waals surface area contributed by atoms with Gasteiger partial charge < -0.3 is 15.0 Å². The molecule has 0 radical (unpaired) electrons. The monoisotopic (exact) mass is 445 g/mol. The summed E-state index contributed by atoms with van der Waals surface area (Å²) in [4.78, 5) is 16.8. The zero-order valence-corrected chi connectivity index (χ0v) is 18.3. The first-order valence-corrected chi connectivity index (χ1v) is 10.9. The Morgan fingerprint density at radius 1 is 1.13 bits per heavy atom. The lowest BCUT2D eigenvalue weighted by molar-refractivity contribution is -0.121. The van der Waals surface area contributed by atoms with Crippen molar-refractivity contribution in [3.8, 4) is 5.75 Å². The maximum atomic E-state index is 12.5. The molecule has 30 heavy (non-hydrogen) atoms. The van der Waals surface area contributed by atoms with Gasteiger partial charge in [0, 0.05) is 38.6 Å². The van der Waals surface area contributed by atoms with Crippen LogP contribution in [-0.2, 0) is 11.3 Å². The van der Waals surface area contributed by atoms with Crippen molar-refractivity contribution in [3.05, 3.63) is 70.5 Å². The van der Waals surface area contributed by atoms with E-state index in [2.05, 4.69) is 16.8 Å². The van der Waals surface area contributed by atoms with Crippen LogP contribution in [0.1, 0.15) is 24.8 Å². The Kier molecular flexibility index (Phi) is 6.52. The molecule has 0 spiro atoms. The highest BCUT2D eigenvalue weighted by atomic mass is 35.5. The fourth-order valence-corrected chi connectivity index (χ4v) is 4.29. The van der Waals surface area contributed by atoms with E-state index in [4.69, 9.17) is 27.9 Å². The maximum Gasteiger partial charge on any atom is 0.222 e. The van der Waals surface area contributed by atoms with Crippen LogP contribution < -0.4 is 15.0 Å². The molecule has 0 atom stereocenters. The largest absolute Gasteiger partial charge is 0.439 e. The van der Waals surface area contributed by atoms with Gasteiger partial charge in [-0.15, -0.1) is 0 Å². The van der Waals surface area contributed by atoms with E-state index in [1.807, 2.05) is 47.4 Å². The minimum atomic E-state index is 0.0649. The van der Waals surface area contributed by atoms with E-state index in [1.165, 1.54) is 0 Å². The number of para-hydroxylation sites is 2. The van der Waals surface area contributed by atoms with Crippen LogP contribution in [0.2, 0.25) is 10.0 Å². The summed E-state index contributed by atoms with van der Waals surface area (Å²) in [6.45, 7) is 7.22. The van der Waals surface area contributed by atoms with Crippen LogP contribution in [0.3, 0.4) is 0 Å². The molecule has 0 aliphatic carbocycles. The van der Waals surface area contributed by atoms with Crippen molar-refractivity contribution in [2.75, 3.05) is 24.5 Å². The minimum absolute atomic E-state index is 0.0649. The van der Waals surface area contributed by atoms with Gasteiger partial charge in [0.25, 0.3) is 0 Å². The van der Waals surface area contributed by atoms with Gasteiger partial charge in [0.05, 0.1) is 15.7 Å². The van der Waals surface area contributed by atoms with E-state index >= 15 is 0 Å². The van der Waals surface area contributed by atoms with Crippen molar-refractivity contribution in [1.82, 2.24) is 10.2 Å². The number of piperidine rings is 1. The van der Waals surface area contributed by atoms with Crippen molar-refractivity contribution in [2.45, 2.75) is 31.8 Å². The Labute approximate surface area is 187 Å². The van der Waals surface area contributed by atoms with E-state index in [-0.39, 0.29) is 11.9 Å². The number of carbonyl (C=O) groups excluding carboxylic acids is 1. The third-order valence-electron chi connectivity index (χ3n) is 5.59. The Morgan fingerprint density at radius 2 is 1.90 bits per heavy atom. The zero-order valence-electron chi connectivity index (χ0n) is 16.7. The highest BCUT2D eigenvalue weighted by Gasteiger charge is 2.25. The summed E-state index contributed by atoms with van der Waals surface area (Å²) in [6, 6.07) is 13.8. The second-order valence-corrected chi connectivity index (χ2v) is 8.55. The molecular weight excluding hydrogens is 421 g/mol. The molecule has 0 aromatic heterocycles. The Balaban J connectivity index is 1.21. The molecule has 5 nitrogen and oxygen atoms in total. The Hall–Kier alpha value is -2.21. The molecule has 2 aromatic carbocycles. The molecule has 158 valence electrons. The van der Waals surface area contributed by atoms with Crippen molar-refractivity contribution in [3.63, 3.8) is 0 Å². The van der Waals surface area contributed by atoms with Crippen LogP contribution in [0.5, 0.6) is 5.75 Å². The molecule has 4 rings (SSSR count). The number of ether oxygens (including phenoxy) is 1. The number of amides is 1. The summed E-state index contributed by atoms with van der Waals surface area (Å²) in [5.74, 6) is 1.42. The van der Waals surface area contributed by atoms with Crippen molar-refractivity contribution >= 4 is 34.8 Å². The highest BCUT2D eigenvalue weighted by Crippen LogP contribution is 2.37. The van der Waals surface area contributed by atoms with Gasteiger partial charge in [0.15, 0.2) is 11.6 Å². The molecule has 1 fully saturated rings. The minimum Gasteiger partial charge on any atom is -0.439 e. The first-order chi connectivity index (χ1) is 14.5. The molecule has 0 unspecified atom stereocenters. The molecule has 0 saturated carbocycles. The Morgan fingerprint density at radius 3 is 2.67 bits per heavy atom. The number of hydrogen-bond donors (Lipinski definition) is 1. The van der Waals surface area contributed by atoms with E-state index in [1.54, 1.807) is 0 Å². The summed E-state index contributed by atoms with van der Waals surface area (Å²) in [5.41, 5.74) is 2.12. The van der Waals surface area contributed by atoms with E-state index < -0.39 is 0 Å². The Bertz CT molecular complexity index is 942. The fourth-order valence-electron chi connectivity index (χ4n) is 3.97. The highest BCUT2D eigenvalue weighted by molar-refractivity contribution is 6.42. The average Bonchev–Trinajstić information content (AvgIpc) is 3.05. The molecule has 1 amide bonds. The van der Waals surface area contributed by atoms with Crippen LogP contribution in [-0.4, -0.2) is 36.5 Å². The predicted molar refractivity (Wildman–Crippen MR) is 121 cm³/mol. The van der Waals surface area contributed by atoms with Crippen molar-refractivity contribution < 1.29 is 9.53 Å². The summed E-state index contributed by atoms with van der Waals surface area (Å²) in [5, 5.41) is 4.35. The number of fused-ring (bicyclic) bond motifs is 1. The molecule has 2 heterocycles. The number of hydrogen-bond acceptors (Lipinski definition) is 4. The van der Waals surface area contributed by atoms with Gasteiger partial charge in [0.1, 0.15) is 0 Å². The third kappa shape index (κ3) is 4.91. The van der Waals surface area contributed by atoms with Crippen LogP contribution >= 0.6 is 23.2 Å². The number of rotatable bonds is 6. The van der Waals surface area contributed by atoms with Gasteiger partial charge in [0.2, 0.25) is 5.91 Å². The lowest BCUT2D eigenvalue weighted by Crippen LogP contribution is -2.44. The van der Waals surface area contributed by atoms with Crippen molar-refractivity contribution in [1.29, 1.82) is 0 Å². The standard InChI is InChI=1S/C23H25Cl2N3O2/c1-16-28(21-4-2-3-5-22(21)30-16)13-10-23(29)26-18-8-11-27(12-9-18)15-17-6-7-19(24)20(25)14-17/h2-7,14,18H,1,8-13,15H2,(H,26,29). The van der Waals surface area contributed by atoms with Gasteiger partial charge in [-0.3, -0.25) is 9.69 Å². The summed E-state index contributed by atoms with van der Waals surface area (Å²) >= 11 is 12.1. The van der Waals surface area contributed by atoms with Crippen LogP contribution in [0.15, 0.2) is 54.9 Å². The van der Waals surface area contributed by atoms with Crippen LogP contribution in [0.25, 0.3) is 0 Å². The molecule has 2 aromatic rings.